The fraction of sp³-hybridized carbons (Fsp3) is 0.476. The predicted molar refractivity (Wildman–Crippen MR) is 109 cm³/mol. The molecule has 0 N–H and O–H groups in total. The van der Waals surface area contributed by atoms with Crippen LogP contribution in [-0.4, -0.2) is 44.2 Å². The Balaban J connectivity index is 1.59. The average molecular weight is 381 g/mol. The van der Waals surface area contributed by atoms with Crippen LogP contribution in [0.5, 0.6) is 5.88 Å². The van der Waals surface area contributed by atoms with Crippen molar-refractivity contribution in [2.75, 3.05) is 20.2 Å². The molecule has 148 valence electrons. The third-order valence-corrected chi connectivity index (χ3v) is 5.26. The van der Waals surface area contributed by atoms with Crippen molar-refractivity contribution in [1.82, 2.24) is 24.0 Å². The topological polar surface area (TPSA) is 65.2 Å². The molecule has 0 bridgehead atoms. The lowest BCUT2D eigenvalue weighted by Gasteiger charge is -2.16. The summed E-state index contributed by atoms with van der Waals surface area (Å²) in [4.78, 5) is 24.6. The van der Waals surface area contributed by atoms with Crippen LogP contribution in [0.4, 0.5) is 0 Å². The molecule has 7 nitrogen and oxygen atoms in total. The van der Waals surface area contributed by atoms with Gasteiger partial charge in [-0.15, -0.1) is 0 Å². The Morgan fingerprint density at radius 3 is 2.89 bits per heavy atom. The Labute approximate surface area is 164 Å². The highest BCUT2D eigenvalue weighted by molar-refractivity contribution is 5.71. The Kier molecular flexibility index (Phi) is 5.17. The number of nitrogens with zero attached hydrogens (tertiary/aromatic N) is 5. The first-order chi connectivity index (χ1) is 13.6. The van der Waals surface area contributed by atoms with Crippen LogP contribution in [-0.2, 0) is 13.1 Å². The number of hydrogen-bond donors (Lipinski definition) is 0. The fourth-order valence-corrected chi connectivity index (χ4v) is 4.03. The summed E-state index contributed by atoms with van der Waals surface area (Å²) >= 11 is 0. The zero-order chi connectivity index (χ0) is 19.7. The highest BCUT2D eigenvalue weighted by Gasteiger charge is 2.28. The molecule has 28 heavy (non-hydrogen) atoms. The fourth-order valence-electron chi connectivity index (χ4n) is 4.03. The van der Waals surface area contributed by atoms with E-state index in [9.17, 15) is 4.79 Å². The molecule has 0 saturated carbocycles. The van der Waals surface area contributed by atoms with E-state index in [2.05, 4.69) is 28.7 Å². The molecule has 0 unspecified atom stereocenters. The van der Waals surface area contributed by atoms with E-state index < -0.39 is 0 Å². The summed E-state index contributed by atoms with van der Waals surface area (Å²) in [7, 11) is 1.63. The van der Waals surface area contributed by atoms with E-state index in [1.165, 1.54) is 0 Å². The van der Waals surface area contributed by atoms with E-state index in [0.29, 0.717) is 18.3 Å². The molecule has 3 aromatic rings. The van der Waals surface area contributed by atoms with Gasteiger partial charge in [-0.25, -0.2) is 14.8 Å². The van der Waals surface area contributed by atoms with Crippen LogP contribution in [0.1, 0.15) is 32.0 Å². The SMILES string of the molecule is COc1cccc(CN2CC[C@@H](n3c(=O)n(CC(C)C)c4cccnc43)C2)n1. The standard InChI is InChI=1S/C21H27N5O2/c1-15(2)12-25-18-7-5-10-22-20(18)26(21(25)27)17-9-11-24(14-17)13-16-6-4-8-19(23-16)28-3/h4-8,10,15,17H,9,11-14H2,1-3H3/t17-/m1/s1. The highest BCUT2D eigenvalue weighted by atomic mass is 16.5. The van der Waals surface area contributed by atoms with Gasteiger partial charge in [0.25, 0.3) is 0 Å². The summed E-state index contributed by atoms with van der Waals surface area (Å²) in [5.41, 5.74) is 2.75. The molecule has 0 spiro atoms. The summed E-state index contributed by atoms with van der Waals surface area (Å²) in [6.45, 7) is 7.46. The summed E-state index contributed by atoms with van der Waals surface area (Å²) in [5.74, 6) is 1.03. The van der Waals surface area contributed by atoms with Crippen LogP contribution in [0.25, 0.3) is 11.2 Å². The molecule has 0 radical (unpaired) electrons. The summed E-state index contributed by atoms with van der Waals surface area (Å²) in [5, 5.41) is 0. The van der Waals surface area contributed by atoms with Gasteiger partial charge in [-0.05, 0) is 30.5 Å². The van der Waals surface area contributed by atoms with Gasteiger partial charge in [-0.2, -0.15) is 0 Å². The number of pyridine rings is 2. The number of methoxy groups -OCH3 is 1. The summed E-state index contributed by atoms with van der Waals surface area (Å²) in [6, 6.07) is 9.85. The van der Waals surface area contributed by atoms with Gasteiger partial charge in [0.05, 0.1) is 24.4 Å². The van der Waals surface area contributed by atoms with Gasteiger partial charge in [0.2, 0.25) is 5.88 Å². The molecule has 7 heteroatoms. The van der Waals surface area contributed by atoms with Crippen molar-refractivity contribution >= 4 is 11.2 Å². The molecule has 1 aliphatic heterocycles. The Morgan fingerprint density at radius 2 is 2.11 bits per heavy atom. The Morgan fingerprint density at radius 1 is 1.25 bits per heavy atom. The first-order valence-electron chi connectivity index (χ1n) is 9.85. The van der Waals surface area contributed by atoms with Crippen LogP contribution < -0.4 is 10.4 Å². The van der Waals surface area contributed by atoms with E-state index in [-0.39, 0.29) is 11.7 Å². The number of hydrogen-bond acceptors (Lipinski definition) is 5. The number of likely N-dealkylation sites (tertiary alicyclic amines) is 1. The van der Waals surface area contributed by atoms with Crippen LogP contribution in [0, 0.1) is 5.92 Å². The number of aromatic nitrogens is 4. The molecular formula is C21H27N5O2. The van der Waals surface area contributed by atoms with Gasteiger partial charge in [-0.3, -0.25) is 14.0 Å². The van der Waals surface area contributed by atoms with Crippen molar-refractivity contribution in [2.24, 2.45) is 5.92 Å². The van der Waals surface area contributed by atoms with Crippen LogP contribution in [0.15, 0.2) is 41.3 Å². The van der Waals surface area contributed by atoms with Crippen molar-refractivity contribution in [1.29, 1.82) is 0 Å². The smallest absolute Gasteiger partial charge is 0.330 e. The Bertz CT molecular complexity index is 1020. The van der Waals surface area contributed by atoms with Crippen molar-refractivity contribution in [3.05, 3.63) is 52.7 Å². The van der Waals surface area contributed by atoms with E-state index in [0.717, 1.165) is 42.9 Å². The van der Waals surface area contributed by atoms with Crippen LogP contribution in [0.2, 0.25) is 0 Å². The van der Waals surface area contributed by atoms with Gasteiger partial charge >= 0.3 is 5.69 Å². The molecule has 1 fully saturated rings. The van der Waals surface area contributed by atoms with Gasteiger partial charge < -0.3 is 4.74 Å². The lowest BCUT2D eigenvalue weighted by atomic mass is 10.2. The highest BCUT2D eigenvalue weighted by Crippen LogP contribution is 2.25. The maximum Gasteiger partial charge on any atom is 0.330 e. The van der Waals surface area contributed by atoms with Crippen molar-refractivity contribution in [3.63, 3.8) is 0 Å². The quantitative estimate of drug-likeness (QED) is 0.657. The monoisotopic (exact) mass is 381 g/mol. The summed E-state index contributed by atoms with van der Waals surface area (Å²) < 4.78 is 9.00. The minimum Gasteiger partial charge on any atom is -0.481 e. The molecule has 1 atom stereocenters. The van der Waals surface area contributed by atoms with Crippen molar-refractivity contribution < 1.29 is 4.74 Å². The van der Waals surface area contributed by atoms with Crippen LogP contribution >= 0.6 is 0 Å². The largest absolute Gasteiger partial charge is 0.481 e. The Hall–Kier alpha value is -2.67. The zero-order valence-corrected chi connectivity index (χ0v) is 16.7. The molecule has 0 aliphatic carbocycles. The molecule has 0 amide bonds. The van der Waals surface area contributed by atoms with E-state index in [4.69, 9.17) is 4.74 Å². The number of rotatable bonds is 6. The van der Waals surface area contributed by atoms with E-state index in [1.807, 2.05) is 39.5 Å². The molecule has 1 saturated heterocycles. The van der Waals surface area contributed by atoms with Gasteiger partial charge in [0, 0.05) is 38.4 Å². The van der Waals surface area contributed by atoms with Crippen LogP contribution in [0.3, 0.4) is 0 Å². The predicted octanol–water partition coefficient (Wildman–Crippen LogP) is 2.70. The second-order valence-corrected chi connectivity index (χ2v) is 7.85. The zero-order valence-electron chi connectivity index (χ0n) is 16.7. The number of fused-ring (bicyclic) bond motifs is 1. The molecule has 3 aromatic heterocycles. The third-order valence-electron chi connectivity index (χ3n) is 5.26. The molecular weight excluding hydrogens is 354 g/mol. The third kappa shape index (κ3) is 3.54. The second kappa shape index (κ2) is 7.75. The molecule has 4 heterocycles. The second-order valence-electron chi connectivity index (χ2n) is 7.85. The number of imidazole rings is 1. The first-order valence-corrected chi connectivity index (χ1v) is 9.85. The van der Waals surface area contributed by atoms with Gasteiger partial charge in [0.15, 0.2) is 5.65 Å². The maximum atomic E-state index is 13.2. The average Bonchev–Trinajstić information content (AvgIpc) is 3.24. The van der Waals surface area contributed by atoms with Crippen molar-refractivity contribution in [2.45, 2.75) is 39.4 Å². The van der Waals surface area contributed by atoms with Gasteiger partial charge in [0.1, 0.15) is 0 Å². The van der Waals surface area contributed by atoms with E-state index in [1.54, 1.807) is 13.3 Å². The first kappa shape index (κ1) is 18.7. The lowest BCUT2D eigenvalue weighted by Crippen LogP contribution is -2.30. The van der Waals surface area contributed by atoms with E-state index >= 15 is 0 Å². The summed E-state index contributed by atoms with van der Waals surface area (Å²) in [6.07, 6.45) is 2.70. The normalized spacial score (nSPS) is 17.6. The maximum absolute atomic E-state index is 13.2. The molecule has 4 rings (SSSR count). The minimum absolute atomic E-state index is 0.0498. The molecule has 0 aromatic carbocycles. The van der Waals surface area contributed by atoms with Crippen molar-refractivity contribution in [3.8, 4) is 5.88 Å². The minimum atomic E-state index is 0.0498. The van der Waals surface area contributed by atoms with Gasteiger partial charge in [-0.1, -0.05) is 19.9 Å². The molecule has 1 aliphatic rings. The number of ether oxygens (including phenoxy) is 1. The lowest BCUT2D eigenvalue weighted by molar-refractivity contribution is 0.309.